The lowest BCUT2D eigenvalue weighted by Gasteiger charge is -2.31. The maximum absolute atomic E-state index is 12.9. The van der Waals surface area contributed by atoms with Gasteiger partial charge in [0.25, 0.3) is 5.91 Å². The van der Waals surface area contributed by atoms with Crippen molar-refractivity contribution < 1.29 is 4.79 Å². The fraction of sp³-hybridized carbons (Fsp3) is 0.500. The molecule has 5 heteroatoms. The van der Waals surface area contributed by atoms with Gasteiger partial charge in [0.1, 0.15) is 5.82 Å². The molecule has 0 bridgehead atoms. The molecule has 2 N–H and O–H groups in total. The van der Waals surface area contributed by atoms with E-state index in [4.69, 9.17) is 0 Å². The van der Waals surface area contributed by atoms with Gasteiger partial charge in [0.2, 0.25) is 0 Å². The van der Waals surface area contributed by atoms with Crippen LogP contribution in [0.2, 0.25) is 0 Å². The van der Waals surface area contributed by atoms with Gasteiger partial charge in [-0.05, 0) is 55.8 Å². The molecule has 1 aromatic carbocycles. The van der Waals surface area contributed by atoms with Crippen LogP contribution in [0.3, 0.4) is 0 Å². The molecule has 0 saturated carbocycles. The van der Waals surface area contributed by atoms with Crippen molar-refractivity contribution in [3.05, 3.63) is 53.6 Å². The van der Waals surface area contributed by atoms with Gasteiger partial charge < -0.3 is 15.2 Å². The Morgan fingerprint density at radius 3 is 2.76 bits per heavy atom. The molecule has 0 unspecified atom stereocenters. The molecule has 25 heavy (non-hydrogen) atoms. The summed E-state index contributed by atoms with van der Waals surface area (Å²) in [6.07, 6.45) is 8.05. The number of hydrogen-bond acceptors (Lipinski definition) is 3. The molecule has 0 radical (unpaired) electrons. The summed E-state index contributed by atoms with van der Waals surface area (Å²) in [4.78, 5) is 22.5. The predicted octanol–water partition coefficient (Wildman–Crippen LogP) is 2.90. The molecule has 0 aliphatic carbocycles. The second-order valence-corrected chi connectivity index (χ2v) is 7.21. The molecule has 1 atom stereocenters. The number of likely N-dealkylation sites (tertiary alicyclic amines) is 1. The quantitative estimate of drug-likeness (QED) is 0.905. The van der Waals surface area contributed by atoms with Crippen LogP contribution in [0, 0.1) is 0 Å². The zero-order valence-electron chi connectivity index (χ0n) is 14.6. The minimum absolute atomic E-state index is 0.170. The normalized spacial score (nSPS) is 22.1. The van der Waals surface area contributed by atoms with Crippen LogP contribution in [0.4, 0.5) is 0 Å². The van der Waals surface area contributed by atoms with Crippen LogP contribution in [0.5, 0.6) is 0 Å². The minimum atomic E-state index is 0.170. The molecule has 5 nitrogen and oxygen atoms in total. The van der Waals surface area contributed by atoms with Crippen molar-refractivity contribution in [3.8, 4) is 0 Å². The number of nitrogens with one attached hydrogen (secondary N) is 2. The van der Waals surface area contributed by atoms with Crippen molar-refractivity contribution >= 4 is 5.91 Å². The zero-order valence-corrected chi connectivity index (χ0v) is 14.6. The molecule has 2 fully saturated rings. The van der Waals surface area contributed by atoms with Crippen molar-refractivity contribution in [1.82, 2.24) is 20.2 Å². The smallest absolute Gasteiger partial charge is 0.253 e. The van der Waals surface area contributed by atoms with E-state index in [0.717, 1.165) is 50.4 Å². The van der Waals surface area contributed by atoms with Crippen molar-refractivity contribution in [2.24, 2.45) is 0 Å². The zero-order chi connectivity index (χ0) is 17.1. The number of amides is 1. The molecule has 1 aromatic heterocycles. The van der Waals surface area contributed by atoms with Crippen molar-refractivity contribution in [3.63, 3.8) is 0 Å². The number of carbonyl (C=O) groups excluding carboxylic acids is 1. The summed E-state index contributed by atoms with van der Waals surface area (Å²) < 4.78 is 0. The first-order chi connectivity index (χ1) is 12.3. The number of hydrogen-bond donors (Lipinski definition) is 2. The first-order valence-electron chi connectivity index (χ1n) is 9.40. The first-order valence-corrected chi connectivity index (χ1v) is 9.40. The van der Waals surface area contributed by atoms with Gasteiger partial charge in [-0.25, -0.2) is 4.98 Å². The Labute approximate surface area is 148 Å². The molecule has 0 spiro atoms. The lowest BCUT2D eigenvalue weighted by molar-refractivity contribution is 0.0711. The second-order valence-electron chi connectivity index (χ2n) is 7.21. The first kappa shape index (κ1) is 16.3. The molecule has 3 heterocycles. The molecule has 132 valence electrons. The van der Waals surface area contributed by atoms with Crippen LogP contribution in [-0.4, -0.2) is 47.0 Å². The van der Waals surface area contributed by atoms with Crippen LogP contribution in [-0.2, 0) is 0 Å². The highest BCUT2D eigenvalue weighted by atomic mass is 16.2. The number of benzene rings is 1. The SMILES string of the molecule is O=C(c1cccc([C@@H]2CCCNC2)c1)N1CCC(c2ncc[nH]2)CC1. The molecule has 2 saturated heterocycles. The van der Waals surface area contributed by atoms with E-state index in [0.29, 0.717) is 11.8 Å². The van der Waals surface area contributed by atoms with Crippen LogP contribution in [0.25, 0.3) is 0 Å². The average Bonchev–Trinajstić information content (AvgIpc) is 3.23. The van der Waals surface area contributed by atoms with E-state index < -0.39 is 0 Å². The summed E-state index contributed by atoms with van der Waals surface area (Å²) in [5, 5.41) is 3.46. The van der Waals surface area contributed by atoms with E-state index in [1.165, 1.54) is 18.4 Å². The molecule has 2 aliphatic heterocycles. The fourth-order valence-corrected chi connectivity index (χ4v) is 4.10. The monoisotopic (exact) mass is 338 g/mol. The highest BCUT2D eigenvalue weighted by Crippen LogP contribution is 2.27. The number of carbonyl (C=O) groups is 1. The third-order valence-corrected chi connectivity index (χ3v) is 5.59. The van der Waals surface area contributed by atoms with E-state index in [1.54, 1.807) is 6.20 Å². The molecule has 4 rings (SSSR count). The van der Waals surface area contributed by atoms with E-state index >= 15 is 0 Å². The molecule has 2 aromatic rings. The van der Waals surface area contributed by atoms with Crippen molar-refractivity contribution in [2.75, 3.05) is 26.2 Å². The number of rotatable bonds is 3. The molecule has 1 amide bonds. The number of piperidine rings is 2. The van der Waals surface area contributed by atoms with Crippen LogP contribution in [0.1, 0.15) is 59.3 Å². The Bertz CT molecular complexity index is 698. The third kappa shape index (κ3) is 3.61. The second kappa shape index (κ2) is 7.40. The van der Waals surface area contributed by atoms with E-state index in [-0.39, 0.29) is 5.91 Å². The van der Waals surface area contributed by atoms with Gasteiger partial charge in [0.05, 0.1) is 0 Å². The minimum Gasteiger partial charge on any atom is -0.348 e. The van der Waals surface area contributed by atoms with E-state index in [9.17, 15) is 4.79 Å². The summed E-state index contributed by atoms with van der Waals surface area (Å²) in [6, 6.07) is 8.27. The Balaban J connectivity index is 1.41. The molecule has 2 aliphatic rings. The average molecular weight is 338 g/mol. The van der Waals surface area contributed by atoms with Gasteiger partial charge in [-0.15, -0.1) is 0 Å². The summed E-state index contributed by atoms with van der Waals surface area (Å²) >= 11 is 0. The van der Waals surface area contributed by atoms with Crippen molar-refractivity contribution in [1.29, 1.82) is 0 Å². The van der Waals surface area contributed by atoms with Gasteiger partial charge in [-0.1, -0.05) is 12.1 Å². The number of aromatic nitrogens is 2. The maximum atomic E-state index is 12.9. The number of aromatic amines is 1. The summed E-state index contributed by atoms with van der Waals surface area (Å²) in [7, 11) is 0. The molecular formula is C20H26N4O. The largest absolute Gasteiger partial charge is 0.348 e. The standard InChI is InChI=1S/C20H26N4O/c25-20(24-11-6-15(7-12-24)19-22-9-10-23-19)17-4-1-3-16(13-17)18-5-2-8-21-14-18/h1,3-4,9-10,13,15,18,21H,2,5-8,11-12,14H2,(H,22,23)/t18-/m1/s1. The lowest BCUT2D eigenvalue weighted by Crippen LogP contribution is -2.38. The lowest BCUT2D eigenvalue weighted by atomic mass is 9.90. The Morgan fingerprint density at radius 2 is 2.04 bits per heavy atom. The Morgan fingerprint density at radius 1 is 1.16 bits per heavy atom. The van der Waals surface area contributed by atoms with Crippen LogP contribution >= 0.6 is 0 Å². The summed E-state index contributed by atoms with van der Waals surface area (Å²) in [5.41, 5.74) is 2.13. The number of nitrogens with zero attached hydrogens (tertiary/aromatic N) is 2. The van der Waals surface area contributed by atoms with Gasteiger partial charge in [0, 0.05) is 43.5 Å². The highest BCUT2D eigenvalue weighted by Gasteiger charge is 2.26. The van der Waals surface area contributed by atoms with Gasteiger partial charge in [-0.2, -0.15) is 0 Å². The predicted molar refractivity (Wildman–Crippen MR) is 97.8 cm³/mol. The van der Waals surface area contributed by atoms with E-state index in [2.05, 4.69) is 27.4 Å². The summed E-state index contributed by atoms with van der Waals surface area (Å²) in [6.45, 7) is 3.74. The number of H-pyrrole nitrogens is 1. The highest BCUT2D eigenvalue weighted by molar-refractivity contribution is 5.94. The topological polar surface area (TPSA) is 61.0 Å². The Kier molecular flexibility index (Phi) is 4.83. The third-order valence-electron chi connectivity index (χ3n) is 5.59. The van der Waals surface area contributed by atoms with Gasteiger partial charge in [-0.3, -0.25) is 4.79 Å². The maximum Gasteiger partial charge on any atom is 0.253 e. The van der Waals surface area contributed by atoms with Crippen LogP contribution in [0.15, 0.2) is 36.7 Å². The van der Waals surface area contributed by atoms with Gasteiger partial charge in [0.15, 0.2) is 0 Å². The summed E-state index contributed by atoms with van der Waals surface area (Å²) in [5.74, 6) is 2.20. The van der Waals surface area contributed by atoms with Crippen molar-refractivity contribution in [2.45, 2.75) is 37.5 Å². The van der Waals surface area contributed by atoms with Gasteiger partial charge >= 0.3 is 0 Å². The van der Waals surface area contributed by atoms with Crippen LogP contribution < -0.4 is 5.32 Å². The number of imidazole rings is 1. The van der Waals surface area contributed by atoms with E-state index in [1.807, 2.05) is 23.2 Å². The molecular weight excluding hydrogens is 312 g/mol. The Hall–Kier alpha value is -2.14. The fourth-order valence-electron chi connectivity index (χ4n) is 4.10.